The molecule has 6 heteroatoms. The summed E-state index contributed by atoms with van der Waals surface area (Å²) in [5.41, 5.74) is 0. The molecule has 16 heavy (non-hydrogen) atoms. The summed E-state index contributed by atoms with van der Waals surface area (Å²) >= 11 is 5.80. The molecule has 1 rings (SSSR count). The molecular weight excluding hydrogens is 241 g/mol. The maximum Gasteiger partial charge on any atom is 0.389 e. The highest BCUT2D eigenvalue weighted by atomic mass is 35.5. The second-order valence-corrected chi connectivity index (χ2v) is 3.74. The first-order chi connectivity index (χ1) is 7.49. The van der Waals surface area contributed by atoms with Crippen LogP contribution in [-0.2, 0) is 0 Å². The lowest BCUT2D eigenvalue weighted by molar-refractivity contribution is -0.135. The number of anilines is 1. The first kappa shape index (κ1) is 13.1. The summed E-state index contributed by atoms with van der Waals surface area (Å²) in [5.74, 6) is 0.510. The first-order valence-corrected chi connectivity index (χ1v) is 5.28. The Labute approximate surface area is 96.8 Å². The van der Waals surface area contributed by atoms with Crippen LogP contribution in [-0.4, -0.2) is 17.7 Å². The van der Waals surface area contributed by atoms with Crippen molar-refractivity contribution in [1.29, 1.82) is 0 Å². The molecule has 0 bridgehead atoms. The summed E-state index contributed by atoms with van der Waals surface area (Å²) in [6.45, 7) is 0.437. The number of halogens is 4. The number of nitrogens with one attached hydrogen (secondary N) is 1. The normalized spacial score (nSPS) is 11.5. The molecule has 1 aromatic rings. The summed E-state index contributed by atoms with van der Waals surface area (Å²) in [4.78, 5) is 3.96. The minimum absolute atomic E-state index is 0.112. The Morgan fingerprint density at radius 3 is 2.69 bits per heavy atom. The van der Waals surface area contributed by atoms with E-state index in [2.05, 4.69) is 10.3 Å². The van der Waals surface area contributed by atoms with E-state index in [9.17, 15) is 13.2 Å². The van der Waals surface area contributed by atoms with Gasteiger partial charge in [0.05, 0.1) is 5.02 Å². The predicted octanol–water partition coefficient (Wildman–Crippen LogP) is 3.88. The summed E-state index contributed by atoms with van der Waals surface area (Å²) < 4.78 is 35.4. The summed E-state index contributed by atoms with van der Waals surface area (Å²) in [6.07, 6.45) is -2.69. The zero-order valence-electron chi connectivity index (χ0n) is 8.52. The van der Waals surface area contributed by atoms with Crippen LogP contribution in [0.2, 0.25) is 5.02 Å². The van der Waals surface area contributed by atoms with Crippen LogP contribution in [0.15, 0.2) is 18.3 Å². The number of aromatic nitrogens is 1. The van der Waals surface area contributed by atoms with Crippen LogP contribution in [0.4, 0.5) is 19.0 Å². The van der Waals surface area contributed by atoms with E-state index in [1.54, 1.807) is 18.3 Å². The van der Waals surface area contributed by atoms with Gasteiger partial charge in [0.25, 0.3) is 0 Å². The molecule has 0 saturated carbocycles. The molecule has 0 atom stereocenters. The summed E-state index contributed by atoms with van der Waals surface area (Å²) in [7, 11) is 0. The Morgan fingerprint density at radius 2 is 2.06 bits per heavy atom. The lowest BCUT2D eigenvalue weighted by Gasteiger charge is -2.08. The summed E-state index contributed by atoms with van der Waals surface area (Å²) in [6, 6.07) is 3.36. The van der Waals surface area contributed by atoms with Crippen LogP contribution >= 0.6 is 11.6 Å². The SMILES string of the molecule is FC(F)(F)CCCCNc1ncccc1Cl. The van der Waals surface area contributed by atoms with Crippen molar-refractivity contribution in [2.75, 3.05) is 11.9 Å². The zero-order chi connectivity index (χ0) is 12.0. The Morgan fingerprint density at radius 1 is 1.31 bits per heavy atom. The maximum absolute atomic E-state index is 11.8. The van der Waals surface area contributed by atoms with Crippen LogP contribution in [0.5, 0.6) is 0 Å². The van der Waals surface area contributed by atoms with Gasteiger partial charge in [0.2, 0.25) is 0 Å². The quantitative estimate of drug-likeness (QED) is 0.805. The van der Waals surface area contributed by atoms with E-state index in [1.165, 1.54) is 0 Å². The van der Waals surface area contributed by atoms with Crippen molar-refractivity contribution in [3.05, 3.63) is 23.4 Å². The number of hydrogen-bond acceptors (Lipinski definition) is 2. The molecule has 1 aromatic heterocycles. The smallest absolute Gasteiger partial charge is 0.369 e. The number of hydrogen-bond donors (Lipinski definition) is 1. The Bertz CT molecular complexity index is 328. The molecule has 2 nitrogen and oxygen atoms in total. The second kappa shape index (κ2) is 5.94. The second-order valence-electron chi connectivity index (χ2n) is 3.33. The van der Waals surface area contributed by atoms with Gasteiger partial charge in [-0.2, -0.15) is 13.2 Å². The molecule has 0 amide bonds. The van der Waals surface area contributed by atoms with Crippen molar-refractivity contribution in [1.82, 2.24) is 4.98 Å². The van der Waals surface area contributed by atoms with Crippen molar-refractivity contribution < 1.29 is 13.2 Å². The van der Waals surface area contributed by atoms with Gasteiger partial charge in [0.1, 0.15) is 5.82 Å². The number of pyridine rings is 1. The topological polar surface area (TPSA) is 24.9 Å². The van der Waals surface area contributed by atoms with Crippen LogP contribution < -0.4 is 5.32 Å². The molecule has 0 aliphatic carbocycles. The molecule has 0 spiro atoms. The molecule has 0 fully saturated rings. The average molecular weight is 253 g/mol. The van der Waals surface area contributed by atoms with Gasteiger partial charge in [-0.3, -0.25) is 0 Å². The maximum atomic E-state index is 11.8. The van der Waals surface area contributed by atoms with E-state index in [0.717, 1.165) is 0 Å². The Hall–Kier alpha value is -0.970. The van der Waals surface area contributed by atoms with Crippen LogP contribution in [0.1, 0.15) is 19.3 Å². The average Bonchev–Trinajstić information content (AvgIpc) is 2.18. The van der Waals surface area contributed by atoms with E-state index in [1.807, 2.05) is 0 Å². The largest absolute Gasteiger partial charge is 0.389 e. The van der Waals surface area contributed by atoms with Crippen LogP contribution in [0.3, 0.4) is 0 Å². The molecular formula is C10H12ClF3N2. The van der Waals surface area contributed by atoms with Crippen molar-refractivity contribution >= 4 is 17.4 Å². The van der Waals surface area contributed by atoms with Crippen LogP contribution in [0.25, 0.3) is 0 Å². The van der Waals surface area contributed by atoms with E-state index >= 15 is 0 Å². The van der Waals surface area contributed by atoms with E-state index < -0.39 is 12.6 Å². The summed E-state index contributed by atoms with van der Waals surface area (Å²) in [5, 5.41) is 3.36. The molecule has 0 aromatic carbocycles. The van der Waals surface area contributed by atoms with Gasteiger partial charge in [-0.1, -0.05) is 11.6 Å². The van der Waals surface area contributed by atoms with Gasteiger partial charge in [0.15, 0.2) is 0 Å². The van der Waals surface area contributed by atoms with Gasteiger partial charge in [-0.05, 0) is 25.0 Å². The molecule has 1 N–H and O–H groups in total. The third-order valence-electron chi connectivity index (χ3n) is 1.94. The van der Waals surface area contributed by atoms with Gasteiger partial charge < -0.3 is 5.32 Å². The van der Waals surface area contributed by atoms with E-state index in [-0.39, 0.29) is 6.42 Å². The fourth-order valence-corrected chi connectivity index (χ4v) is 1.36. The fourth-order valence-electron chi connectivity index (χ4n) is 1.17. The highest BCUT2D eigenvalue weighted by molar-refractivity contribution is 6.32. The predicted molar refractivity (Wildman–Crippen MR) is 57.6 cm³/mol. The monoisotopic (exact) mass is 252 g/mol. The Kier molecular flexibility index (Phi) is 4.86. The zero-order valence-corrected chi connectivity index (χ0v) is 9.28. The van der Waals surface area contributed by atoms with E-state index in [0.29, 0.717) is 23.8 Å². The molecule has 1 heterocycles. The fraction of sp³-hybridized carbons (Fsp3) is 0.500. The number of rotatable bonds is 5. The molecule has 90 valence electrons. The van der Waals surface area contributed by atoms with Crippen molar-refractivity contribution in [2.45, 2.75) is 25.4 Å². The molecule has 0 saturated heterocycles. The van der Waals surface area contributed by atoms with Crippen molar-refractivity contribution in [3.8, 4) is 0 Å². The Balaban J connectivity index is 2.19. The first-order valence-electron chi connectivity index (χ1n) is 4.90. The lowest BCUT2D eigenvalue weighted by Crippen LogP contribution is -2.09. The van der Waals surface area contributed by atoms with Crippen molar-refractivity contribution in [2.24, 2.45) is 0 Å². The molecule has 0 unspecified atom stereocenters. The third kappa shape index (κ3) is 5.21. The third-order valence-corrected chi connectivity index (χ3v) is 2.24. The van der Waals surface area contributed by atoms with Gasteiger partial charge in [0, 0.05) is 19.2 Å². The standard InChI is InChI=1S/C10H12ClF3N2/c11-8-4-3-7-16-9(8)15-6-2-1-5-10(12,13)14/h3-4,7H,1-2,5-6H2,(H,15,16). The minimum Gasteiger partial charge on any atom is -0.369 e. The van der Waals surface area contributed by atoms with Gasteiger partial charge in [-0.25, -0.2) is 4.98 Å². The van der Waals surface area contributed by atoms with Gasteiger partial charge in [-0.15, -0.1) is 0 Å². The minimum atomic E-state index is -4.07. The number of nitrogens with zero attached hydrogens (tertiary/aromatic N) is 1. The lowest BCUT2D eigenvalue weighted by atomic mass is 10.2. The van der Waals surface area contributed by atoms with Gasteiger partial charge >= 0.3 is 6.18 Å². The number of unbranched alkanes of at least 4 members (excludes halogenated alkanes) is 1. The molecule has 0 aliphatic rings. The molecule has 0 aliphatic heterocycles. The van der Waals surface area contributed by atoms with Crippen molar-refractivity contribution in [3.63, 3.8) is 0 Å². The highest BCUT2D eigenvalue weighted by Crippen LogP contribution is 2.22. The van der Waals surface area contributed by atoms with E-state index in [4.69, 9.17) is 11.6 Å². The van der Waals surface area contributed by atoms with Crippen LogP contribution in [0, 0.1) is 0 Å². The highest BCUT2D eigenvalue weighted by Gasteiger charge is 2.25. The number of alkyl halides is 3. The molecule has 0 radical (unpaired) electrons.